The normalized spacial score (nSPS) is 15.7. The molecule has 158 valence electrons. The van der Waals surface area contributed by atoms with Gasteiger partial charge in [0, 0.05) is 31.9 Å². The largest absolute Gasteiger partial charge is 0.370 e. The lowest BCUT2D eigenvalue weighted by atomic mass is 10.1. The molecule has 0 spiro atoms. The molecule has 3 N–H and O–H groups in total. The van der Waals surface area contributed by atoms with E-state index in [1.165, 1.54) is 12.1 Å². The molecule has 0 unspecified atom stereocenters. The van der Waals surface area contributed by atoms with E-state index in [-0.39, 0.29) is 11.4 Å². The number of nitrogens with zero attached hydrogens (tertiary/aromatic N) is 1. The van der Waals surface area contributed by atoms with Crippen molar-refractivity contribution < 1.29 is 16.8 Å². The van der Waals surface area contributed by atoms with Gasteiger partial charge in [0.15, 0.2) is 0 Å². The lowest BCUT2D eigenvalue weighted by Gasteiger charge is -2.24. The molecule has 0 bridgehead atoms. The topological polar surface area (TPSA) is 108 Å². The lowest BCUT2D eigenvalue weighted by Crippen LogP contribution is -2.28. The molecule has 0 saturated carbocycles. The maximum absolute atomic E-state index is 12.5. The molecule has 0 radical (unpaired) electrons. The zero-order valence-corrected chi connectivity index (χ0v) is 17.9. The van der Waals surface area contributed by atoms with Crippen LogP contribution < -0.4 is 19.7 Å². The van der Waals surface area contributed by atoms with Crippen molar-refractivity contribution in [2.45, 2.75) is 17.9 Å². The third-order valence-corrected chi connectivity index (χ3v) is 6.61. The molecule has 1 heterocycles. The van der Waals surface area contributed by atoms with Gasteiger partial charge in [-0.15, -0.1) is 0 Å². The Labute approximate surface area is 172 Å². The zero-order valence-electron chi connectivity index (χ0n) is 16.3. The van der Waals surface area contributed by atoms with E-state index < -0.39 is 20.0 Å². The summed E-state index contributed by atoms with van der Waals surface area (Å²) in [6.07, 6.45) is 2.07. The van der Waals surface area contributed by atoms with Gasteiger partial charge in [-0.05, 0) is 42.8 Å². The molecular formula is C19H26N4O4S2. The van der Waals surface area contributed by atoms with Crippen LogP contribution in [0.5, 0.6) is 0 Å². The lowest BCUT2D eigenvalue weighted by molar-refractivity contribution is 0.581. The maximum Gasteiger partial charge on any atom is 0.240 e. The van der Waals surface area contributed by atoms with Crippen LogP contribution >= 0.6 is 0 Å². The molecular weight excluding hydrogens is 412 g/mol. The van der Waals surface area contributed by atoms with Gasteiger partial charge < -0.3 is 10.2 Å². The molecule has 1 fully saturated rings. The molecule has 2 aromatic carbocycles. The molecule has 0 amide bonds. The third kappa shape index (κ3) is 6.17. The van der Waals surface area contributed by atoms with E-state index in [1.54, 1.807) is 30.3 Å². The molecule has 3 rings (SSSR count). The second-order valence-corrected chi connectivity index (χ2v) is 10.5. The molecule has 0 aromatic heterocycles. The summed E-state index contributed by atoms with van der Waals surface area (Å²) in [5, 5.41) is 3.33. The number of nitrogens with one attached hydrogen (secondary N) is 3. The van der Waals surface area contributed by atoms with Gasteiger partial charge in [0.25, 0.3) is 0 Å². The second kappa shape index (κ2) is 9.12. The molecule has 1 aliphatic heterocycles. The molecule has 1 aliphatic rings. The van der Waals surface area contributed by atoms with Crippen molar-refractivity contribution in [2.75, 3.05) is 42.1 Å². The number of hydrogen-bond donors (Lipinski definition) is 3. The first kappa shape index (κ1) is 21.6. The number of benzene rings is 2. The van der Waals surface area contributed by atoms with Crippen LogP contribution in [0.1, 0.15) is 12.0 Å². The number of hydrogen-bond acceptors (Lipinski definition) is 6. The second-order valence-electron chi connectivity index (χ2n) is 6.94. The minimum absolute atomic E-state index is 0.0308. The third-order valence-electron chi connectivity index (χ3n) is 4.60. The van der Waals surface area contributed by atoms with E-state index in [1.807, 2.05) is 6.07 Å². The van der Waals surface area contributed by atoms with E-state index in [2.05, 4.69) is 19.7 Å². The Bertz CT molecular complexity index is 1030. The summed E-state index contributed by atoms with van der Waals surface area (Å²) in [6.45, 7) is 3.46. The highest BCUT2D eigenvalue weighted by Gasteiger charge is 2.17. The van der Waals surface area contributed by atoms with Crippen LogP contribution in [0.3, 0.4) is 0 Å². The highest BCUT2D eigenvalue weighted by Crippen LogP contribution is 2.26. The Hall–Kier alpha value is -2.14. The monoisotopic (exact) mass is 438 g/mol. The van der Waals surface area contributed by atoms with Gasteiger partial charge in [0.2, 0.25) is 20.0 Å². The van der Waals surface area contributed by atoms with E-state index in [4.69, 9.17) is 0 Å². The van der Waals surface area contributed by atoms with E-state index in [0.717, 1.165) is 44.5 Å². The van der Waals surface area contributed by atoms with Gasteiger partial charge >= 0.3 is 0 Å². The highest BCUT2D eigenvalue weighted by molar-refractivity contribution is 7.92. The Balaban J connectivity index is 1.85. The molecule has 8 nitrogen and oxygen atoms in total. The SMILES string of the molecule is CS(=O)(=O)Nc1cc(N2CCCNCC2)ccc1CNS(=O)(=O)c1ccccc1. The smallest absolute Gasteiger partial charge is 0.240 e. The summed E-state index contributed by atoms with van der Waals surface area (Å²) in [4.78, 5) is 2.34. The predicted molar refractivity (Wildman–Crippen MR) is 115 cm³/mol. The average molecular weight is 439 g/mol. The Morgan fingerprint density at radius 1 is 1.00 bits per heavy atom. The van der Waals surface area contributed by atoms with Crippen LogP contribution in [0, 0.1) is 0 Å². The minimum Gasteiger partial charge on any atom is -0.370 e. The van der Waals surface area contributed by atoms with Crippen molar-refractivity contribution in [1.82, 2.24) is 10.0 Å². The summed E-state index contributed by atoms with van der Waals surface area (Å²) in [7, 11) is -7.22. The van der Waals surface area contributed by atoms with E-state index in [9.17, 15) is 16.8 Å². The first-order valence-corrected chi connectivity index (χ1v) is 12.7. The fraction of sp³-hybridized carbons (Fsp3) is 0.368. The van der Waals surface area contributed by atoms with Crippen molar-refractivity contribution >= 4 is 31.4 Å². The van der Waals surface area contributed by atoms with Crippen molar-refractivity contribution in [3.8, 4) is 0 Å². The maximum atomic E-state index is 12.5. The number of sulfonamides is 2. The van der Waals surface area contributed by atoms with Crippen molar-refractivity contribution in [1.29, 1.82) is 0 Å². The summed E-state index contributed by atoms with van der Waals surface area (Å²) in [5.41, 5.74) is 1.82. The Kier molecular flexibility index (Phi) is 6.78. The van der Waals surface area contributed by atoms with Crippen LogP contribution in [-0.4, -0.2) is 49.3 Å². The first-order valence-electron chi connectivity index (χ1n) is 9.36. The standard InChI is InChI=1S/C19H26N4O4S2/c1-28(24,25)22-19-14-17(23-12-5-10-20-11-13-23)9-8-16(19)15-21-29(26,27)18-6-3-2-4-7-18/h2-4,6-9,14,20-22H,5,10-13,15H2,1H3. The van der Waals surface area contributed by atoms with Crippen LogP contribution in [0.2, 0.25) is 0 Å². The highest BCUT2D eigenvalue weighted by atomic mass is 32.2. The summed E-state index contributed by atoms with van der Waals surface area (Å²) in [6, 6.07) is 13.5. The molecule has 0 atom stereocenters. The first-order chi connectivity index (χ1) is 13.7. The Morgan fingerprint density at radius 3 is 2.48 bits per heavy atom. The van der Waals surface area contributed by atoms with Gasteiger partial charge in [-0.3, -0.25) is 4.72 Å². The summed E-state index contributed by atoms with van der Waals surface area (Å²) in [5.74, 6) is 0. The van der Waals surface area contributed by atoms with Gasteiger partial charge in [-0.25, -0.2) is 21.6 Å². The molecule has 10 heteroatoms. The number of anilines is 2. The fourth-order valence-corrected chi connectivity index (χ4v) is 4.79. The number of rotatable bonds is 7. The van der Waals surface area contributed by atoms with Crippen LogP contribution in [0.15, 0.2) is 53.4 Å². The van der Waals surface area contributed by atoms with Gasteiger partial charge in [-0.2, -0.15) is 0 Å². The zero-order chi connectivity index (χ0) is 20.9. The predicted octanol–water partition coefficient (Wildman–Crippen LogP) is 1.34. The molecule has 0 aliphatic carbocycles. The van der Waals surface area contributed by atoms with E-state index in [0.29, 0.717) is 11.3 Å². The van der Waals surface area contributed by atoms with Crippen molar-refractivity contribution in [3.05, 3.63) is 54.1 Å². The van der Waals surface area contributed by atoms with Gasteiger partial charge in [0.05, 0.1) is 16.8 Å². The molecule has 2 aromatic rings. The Morgan fingerprint density at radius 2 is 1.76 bits per heavy atom. The minimum atomic E-state index is -3.70. The van der Waals surface area contributed by atoms with E-state index >= 15 is 0 Å². The van der Waals surface area contributed by atoms with Crippen LogP contribution in [0.25, 0.3) is 0 Å². The van der Waals surface area contributed by atoms with Crippen LogP contribution in [0.4, 0.5) is 11.4 Å². The summed E-state index contributed by atoms with van der Waals surface area (Å²) < 4.78 is 53.7. The van der Waals surface area contributed by atoms with Crippen LogP contribution in [-0.2, 0) is 26.6 Å². The molecule has 1 saturated heterocycles. The van der Waals surface area contributed by atoms with Gasteiger partial charge in [-0.1, -0.05) is 24.3 Å². The van der Waals surface area contributed by atoms with Crippen molar-refractivity contribution in [3.63, 3.8) is 0 Å². The molecule has 29 heavy (non-hydrogen) atoms. The van der Waals surface area contributed by atoms with Crippen molar-refractivity contribution in [2.24, 2.45) is 0 Å². The quantitative estimate of drug-likeness (QED) is 0.602. The fourth-order valence-electron chi connectivity index (χ4n) is 3.17. The summed E-state index contributed by atoms with van der Waals surface area (Å²) >= 11 is 0. The average Bonchev–Trinajstić information content (AvgIpc) is 2.96. The van der Waals surface area contributed by atoms with Gasteiger partial charge in [0.1, 0.15) is 0 Å².